The zero-order valence-corrected chi connectivity index (χ0v) is 16.7. The maximum Gasteiger partial charge on any atom is 0.329 e. The molecule has 0 aromatic heterocycles. The number of rotatable bonds is 11. The van der Waals surface area contributed by atoms with Crippen molar-refractivity contribution in [3.63, 3.8) is 0 Å². The van der Waals surface area contributed by atoms with Crippen molar-refractivity contribution in [3.8, 4) is 0 Å². The van der Waals surface area contributed by atoms with Crippen molar-refractivity contribution >= 4 is 30.1 Å². The Morgan fingerprint density at radius 1 is 1.26 bits per heavy atom. The minimum Gasteiger partial charge on any atom is -0.467 e. The van der Waals surface area contributed by atoms with Crippen LogP contribution in [0.2, 0.25) is 0 Å². The number of aliphatic hydroxyl groups excluding tert-OH is 2. The second kappa shape index (κ2) is 12.5. The molecular weight excluding hydrogens is 366 g/mol. The molecule has 0 radical (unpaired) electrons. The van der Waals surface area contributed by atoms with Gasteiger partial charge in [0.15, 0.2) is 0 Å². The number of carbonyl (C=O) groups excluding carboxylic acids is 2. The van der Waals surface area contributed by atoms with Crippen LogP contribution in [0.25, 0.3) is 5.57 Å². The molecule has 150 valence electrons. The molecule has 0 bridgehead atoms. The Bertz CT molecular complexity index is 620. The predicted molar refractivity (Wildman–Crippen MR) is 108 cm³/mol. The van der Waals surface area contributed by atoms with Gasteiger partial charge >= 0.3 is 5.97 Å². The molecule has 0 aliphatic rings. The summed E-state index contributed by atoms with van der Waals surface area (Å²) in [5, 5.41) is 21.0. The van der Waals surface area contributed by atoms with Gasteiger partial charge in [-0.25, -0.2) is 4.79 Å². The molecule has 1 amide bonds. The lowest BCUT2D eigenvalue weighted by molar-refractivity contribution is -0.144. The van der Waals surface area contributed by atoms with Crippen LogP contribution in [0.15, 0.2) is 36.4 Å². The highest BCUT2D eigenvalue weighted by molar-refractivity contribution is 7.81. The van der Waals surface area contributed by atoms with Crippen molar-refractivity contribution < 1.29 is 24.5 Å². The molecule has 0 heterocycles. The van der Waals surface area contributed by atoms with Crippen LogP contribution < -0.4 is 5.32 Å². The lowest BCUT2D eigenvalue weighted by Gasteiger charge is -2.25. The maximum atomic E-state index is 12.2. The van der Waals surface area contributed by atoms with Crippen LogP contribution in [0.5, 0.6) is 0 Å². The third-order valence-corrected chi connectivity index (χ3v) is 4.69. The minimum absolute atomic E-state index is 0.105. The van der Waals surface area contributed by atoms with Gasteiger partial charge in [-0.15, -0.1) is 0 Å². The molecule has 3 atom stereocenters. The largest absolute Gasteiger partial charge is 0.467 e. The zero-order valence-electron chi connectivity index (χ0n) is 15.8. The number of nitrogens with one attached hydrogen (secondary N) is 1. The second-order valence-corrected chi connectivity index (χ2v) is 6.84. The van der Waals surface area contributed by atoms with E-state index in [1.807, 2.05) is 36.4 Å². The number of ether oxygens (including phenoxy) is 1. The van der Waals surface area contributed by atoms with Gasteiger partial charge in [-0.1, -0.05) is 36.4 Å². The summed E-state index contributed by atoms with van der Waals surface area (Å²) in [6.45, 7) is 1.43. The predicted octanol–water partition coefficient (Wildman–Crippen LogP) is 1.96. The maximum absolute atomic E-state index is 12.2. The first kappa shape index (κ1) is 23.2. The van der Waals surface area contributed by atoms with E-state index in [1.54, 1.807) is 0 Å². The lowest BCUT2D eigenvalue weighted by Crippen LogP contribution is -2.47. The van der Waals surface area contributed by atoms with E-state index in [4.69, 9.17) is 9.84 Å². The van der Waals surface area contributed by atoms with Crippen LogP contribution in [0.1, 0.15) is 38.2 Å². The molecule has 0 saturated heterocycles. The molecule has 6 nitrogen and oxygen atoms in total. The number of esters is 1. The highest BCUT2D eigenvalue weighted by Crippen LogP contribution is 2.27. The number of aliphatic hydroxyl groups is 2. The Morgan fingerprint density at radius 3 is 2.48 bits per heavy atom. The fraction of sp³-hybridized carbons (Fsp3) is 0.500. The number of hydrogen-bond acceptors (Lipinski definition) is 6. The number of unbranched alkanes of at least 4 members (excludes halogenated alkanes) is 1. The molecule has 0 unspecified atom stereocenters. The molecule has 1 aromatic rings. The van der Waals surface area contributed by atoms with Crippen molar-refractivity contribution in [2.75, 3.05) is 13.7 Å². The van der Waals surface area contributed by atoms with Crippen LogP contribution in [-0.4, -0.2) is 53.2 Å². The Morgan fingerprint density at radius 2 is 1.93 bits per heavy atom. The van der Waals surface area contributed by atoms with Crippen molar-refractivity contribution in [1.29, 1.82) is 0 Å². The van der Waals surface area contributed by atoms with Crippen LogP contribution in [0, 0.1) is 0 Å². The van der Waals surface area contributed by atoms with Gasteiger partial charge in [-0.2, -0.15) is 12.6 Å². The molecule has 7 heteroatoms. The average molecular weight is 396 g/mol. The number of thiol groups is 1. The smallest absolute Gasteiger partial charge is 0.329 e. The standard InChI is InChI=1S/C20H29NO5S/c1-14(23)21-18(20(25)26-2)19(27)17(15-8-4-3-5-9-15)12-11-16(24)10-6-7-13-22/h3-5,8-9,12,16,18-19,22,24,27H,6-7,10-11,13H2,1-2H3,(H,21,23)/b17-12-/t16-,18-,19+/m0/s1. The number of hydrogen-bond donors (Lipinski definition) is 4. The Hall–Kier alpha value is -1.83. The molecule has 0 aliphatic heterocycles. The van der Waals surface area contributed by atoms with Gasteiger partial charge in [0.25, 0.3) is 0 Å². The summed E-state index contributed by atoms with van der Waals surface area (Å²) in [6, 6.07) is 8.43. The fourth-order valence-electron chi connectivity index (χ4n) is 2.70. The van der Waals surface area contributed by atoms with Gasteiger partial charge in [-0.05, 0) is 36.8 Å². The third kappa shape index (κ3) is 8.15. The molecule has 0 aliphatic carbocycles. The summed E-state index contributed by atoms with van der Waals surface area (Å²) in [6.07, 6.45) is 3.60. The van der Waals surface area contributed by atoms with E-state index in [0.29, 0.717) is 19.3 Å². The summed E-state index contributed by atoms with van der Waals surface area (Å²) in [5.74, 6) is -0.948. The first-order chi connectivity index (χ1) is 12.9. The quantitative estimate of drug-likeness (QED) is 0.261. The third-order valence-electron chi connectivity index (χ3n) is 4.11. The van der Waals surface area contributed by atoms with Crippen LogP contribution in [-0.2, 0) is 14.3 Å². The van der Waals surface area contributed by atoms with Gasteiger partial charge in [0.2, 0.25) is 5.91 Å². The summed E-state index contributed by atoms with van der Waals surface area (Å²) in [5.41, 5.74) is 1.57. The van der Waals surface area contributed by atoms with Gasteiger partial charge in [0, 0.05) is 13.5 Å². The van der Waals surface area contributed by atoms with Crippen molar-refractivity contribution in [2.45, 2.75) is 50.0 Å². The lowest BCUT2D eigenvalue weighted by atomic mass is 9.95. The van der Waals surface area contributed by atoms with Crippen LogP contribution in [0.3, 0.4) is 0 Å². The van der Waals surface area contributed by atoms with E-state index in [-0.39, 0.29) is 12.5 Å². The van der Waals surface area contributed by atoms with Crippen molar-refractivity contribution in [1.82, 2.24) is 5.32 Å². The molecule has 1 rings (SSSR count). The summed E-state index contributed by atoms with van der Waals surface area (Å²) in [7, 11) is 1.26. The molecule has 27 heavy (non-hydrogen) atoms. The SMILES string of the molecule is COC(=O)[C@@H](NC(C)=O)[C@H](S)/C(=C\C[C@@H](O)CCCCO)c1ccccc1. The zero-order chi connectivity index (χ0) is 20.2. The first-order valence-electron chi connectivity index (χ1n) is 8.98. The summed E-state index contributed by atoms with van der Waals surface area (Å²) < 4.78 is 4.81. The van der Waals surface area contributed by atoms with E-state index in [1.165, 1.54) is 14.0 Å². The van der Waals surface area contributed by atoms with Gasteiger partial charge < -0.3 is 20.3 Å². The highest BCUT2D eigenvalue weighted by Gasteiger charge is 2.30. The van der Waals surface area contributed by atoms with Crippen molar-refractivity contribution in [2.24, 2.45) is 0 Å². The van der Waals surface area contributed by atoms with Crippen LogP contribution in [0.4, 0.5) is 0 Å². The number of amides is 1. The van der Waals surface area contributed by atoms with E-state index in [9.17, 15) is 14.7 Å². The van der Waals surface area contributed by atoms with E-state index in [0.717, 1.165) is 17.6 Å². The molecule has 0 fully saturated rings. The first-order valence-corrected chi connectivity index (χ1v) is 9.49. The van der Waals surface area contributed by atoms with Gasteiger partial charge in [0.1, 0.15) is 6.04 Å². The topological polar surface area (TPSA) is 95.9 Å². The normalized spacial score (nSPS) is 14.9. The molecular formula is C20H29NO5S. The Balaban J connectivity index is 3.07. The highest BCUT2D eigenvalue weighted by atomic mass is 32.1. The number of carbonyl (C=O) groups is 2. The second-order valence-electron chi connectivity index (χ2n) is 6.28. The number of benzene rings is 1. The van der Waals surface area contributed by atoms with E-state index in [2.05, 4.69) is 17.9 Å². The van der Waals surface area contributed by atoms with Gasteiger partial charge in [0.05, 0.1) is 18.5 Å². The van der Waals surface area contributed by atoms with Gasteiger partial charge in [-0.3, -0.25) is 4.79 Å². The molecule has 0 spiro atoms. The molecule has 3 N–H and O–H groups in total. The van der Waals surface area contributed by atoms with Crippen LogP contribution >= 0.6 is 12.6 Å². The van der Waals surface area contributed by atoms with Crippen molar-refractivity contribution in [3.05, 3.63) is 42.0 Å². The summed E-state index contributed by atoms with van der Waals surface area (Å²) in [4.78, 5) is 23.7. The Kier molecular flexibility index (Phi) is 10.8. The van der Waals surface area contributed by atoms with E-state index >= 15 is 0 Å². The van der Waals surface area contributed by atoms with E-state index < -0.39 is 23.4 Å². The minimum atomic E-state index is -0.950. The summed E-state index contributed by atoms with van der Waals surface area (Å²) >= 11 is 4.59. The number of methoxy groups -OCH3 is 1. The molecule has 0 saturated carbocycles. The fourth-order valence-corrected chi connectivity index (χ4v) is 3.16. The average Bonchev–Trinajstić information content (AvgIpc) is 2.66. The monoisotopic (exact) mass is 395 g/mol. The molecule has 1 aromatic carbocycles. The Labute approximate surface area is 166 Å².